The molecule has 3 aromatic rings. The molecule has 27 heavy (non-hydrogen) atoms. The third kappa shape index (κ3) is 4.71. The molecule has 0 aliphatic heterocycles. The maximum absolute atomic E-state index is 13.4. The van der Waals surface area contributed by atoms with Gasteiger partial charge in [0.1, 0.15) is 11.9 Å². The Morgan fingerprint density at radius 1 is 1.37 bits per heavy atom. The fraction of sp³-hybridized carbons (Fsp3) is 0.316. The zero-order chi connectivity index (χ0) is 19.4. The third-order valence-corrected chi connectivity index (χ3v) is 5.10. The molecule has 0 saturated carbocycles. The van der Waals surface area contributed by atoms with Crippen LogP contribution in [0.1, 0.15) is 30.7 Å². The Morgan fingerprint density at radius 3 is 2.93 bits per heavy atom. The summed E-state index contributed by atoms with van der Waals surface area (Å²) in [5, 5.41) is 6.80. The molecule has 0 bridgehead atoms. The van der Waals surface area contributed by atoms with Gasteiger partial charge in [0, 0.05) is 41.5 Å². The van der Waals surface area contributed by atoms with Crippen molar-refractivity contribution >= 4 is 39.2 Å². The fourth-order valence-electron chi connectivity index (χ4n) is 2.92. The van der Waals surface area contributed by atoms with E-state index in [1.54, 1.807) is 18.5 Å². The highest BCUT2D eigenvalue weighted by Gasteiger charge is 2.22. The van der Waals surface area contributed by atoms with Crippen molar-refractivity contribution in [1.82, 2.24) is 15.3 Å². The number of hydrogen-bond acceptors (Lipinski definition) is 4. The molecule has 0 radical (unpaired) electrons. The maximum atomic E-state index is 13.4. The van der Waals surface area contributed by atoms with E-state index in [2.05, 4.69) is 27.5 Å². The minimum atomic E-state index is -0.759. The van der Waals surface area contributed by atoms with Crippen LogP contribution in [0.15, 0.2) is 30.6 Å². The molecule has 1 atom stereocenters. The Labute approximate surface area is 160 Å². The first-order chi connectivity index (χ1) is 13.0. The monoisotopic (exact) mass is 388 g/mol. The van der Waals surface area contributed by atoms with Crippen molar-refractivity contribution in [1.29, 1.82) is 0 Å². The first-order valence-corrected chi connectivity index (χ1v) is 9.56. The molecule has 8 heteroatoms. The van der Waals surface area contributed by atoms with E-state index < -0.39 is 6.04 Å². The molecule has 2 heterocycles. The van der Waals surface area contributed by atoms with Crippen LogP contribution >= 0.6 is 11.3 Å². The Hall–Kier alpha value is -2.74. The summed E-state index contributed by atoms with van der Waals surface area (Å²) in [5.41, 5.74) is 1.47. The molecular weight excluding hydrogens is 367 g/mol. The van der Waals surface area contributed by atoms with Crippen molar-refractivity contribution in [2.24, 2.45) is 0 Å². The van der Waals surface area contributed by atoms with Crippen LogP contribution < -0.4 is 10.6 Å². The molecule has 142 valence electrons. The van der Waals surface area contributed by atoms with Crippen molar-refractivity contribution in [2.75, 3.05) is 5.32 Å². The number of nitrogens with zero attached hydrogens (tertiary/aromatic N) is 1. The van der Waals surface area contributed by atoms with E-state index >= 15 is 0 Å². The normalized spacial score (nSPS) is 12.1. The molecule has 0 fully saturated rings. The van der Waals surface area contributed by atoms with Gasteiger partial charge in [-0.15, -0.1) is 11.3 Å². The van der Waals surface area contributed by atoms with Crippen molar-refractivity contribution in [3.63, 3.8) is 0 Å². The van der Waals surface area contributed by atoms with Crippen molar-refractivity contribution in [2.45, 2.75) is 39.2 Å². The number of amides is 2. The average Bonchev–Trinajstić information content (AvgIpc) is 3.21. The van der Waals surface area contributed by atoms with Crippen molar-refractivity contribution < 1.29 is 14.0 Å². The van der Waals surface area contributed by atoms with E-state index in [4.69, 9.17) is 0 Å². The van der Waals surface area contributed by atoms with Gasteiger partial charge in [-0.05, 0) is 30.2 Å². The molecule has 3 rings (SSSR count). The molecule has 2 amide bonds. The lowest BCUT2D eigenvalue weighted by atomic mass is 10.0. The number of benzene rings is 1. The molecule has 0 aliphatic carbocycles. The number of halogens is 1. The number of fused-ring (bicyclic) bond motifs is 1. The summed E-state index contributed by atoms with van der Waals surface area (Å²) in [6, 6.07) is 3.68. The van der Waals surface area contributed by atoms with E-state index in [0.717, 1.165) is 28.7 Å². The van der Waals surface area contributed by atoms with Crippen LogP contribution in [-0.2, 0) is 22.4 Å². The van der Waals surface area contributed by atoms with Gasteiger partial charge in [-0.25, -0.2) is 9.37 Å². The van der Waals surface area contributed by atoms with Crippen LogP contribution in [0.4, 0.5) is 9.52 Å². The van der Waals surface area contributed by atoms with Crippen LogP contribution in [0.3, 0.4) is 0 Å². The summed E-state index contributed by atoms with van der Waals surface area (Å²) >= 11 is 1.43. The summed E-state index contributed by atoms with van der Waals surface area (Å²) in [4.78, 5) is 32.6. The van der Waals surface area contributed by atoms with E-state index in [-0.39, 0.29) is 24.1 Å². The summed E-state index contributed by atoms with van der Waals surface area (Å²) in [5.74, 6) is -0.968. The highest BCUT2D eigenvalue weighted by molar-refractivity contribution is 7.15. The standard InChI is InChI=1S/C19H21FN4O2S/c1-3-4-14-10-22-19(27-14)24-18(26)17(23-11(2)25)7-12-9-21-16-8-13(20)5-6-15(12)16/h5-6,8-10,17,21H,3-4,7H2,1-2H3,(H,23,25)(H,22,24,26). The number of aryl methyl sites for hydroxylation is 1. The Balaban J connectivity index is 1.77. The van der Waals surface area contributed by atoms with E-state index in [1.807, 2.05) is 0 Å². The molecule has 1 unspecified atom stereocenters. The number of nitrogens with one attached hydrogen (secondary N) is 3. The number of carbonyl (C=O) groups is 2. The number of H-pyrrole nitrogens is 1. The molecule has 0 spiro atoms. The lowest BCUT2D eigenvalue weighted by Crippen LogP contribution is -2.44. The Kier molecular flexibility index (Phi) is 5.85. The number of hydrogen-bond donors (Lipinski definition) is 3. The zero-order valence-electron chi connectivity index (χ0n) is 15.1. The predicted octanol–water partition coefficient (Wildman–Crippen LogP) is 3.40. The number of carbonyl (C=O) groups excluding carboxylic acids is 2. The quantitative estimate of drug-likeness (QED) is 0.580. The Bertz CT molecular complexity index is 966. The van der Waals surface area contributed by atoms with Crippen LogP contribution in [0, 0.1) is 5.82 Å². The van der Waals surface area contributed by atoms with Crippen LogP contribution in [0.5, 0.6) is 0 Å². The highest BCUT2D eigenvalue weighted by Crippen LogP contribution is 2.22. The molecular formula is C19H21FN4O2S. The molecule has 3 N–H and O–H groups in total. The second-order valence-corrected chi connectivity index (χ2v) is 7.45. The average molecular weight is 388 g/mol. The van der Waals surface area contributed by atoms with E-state index in [0.29, 0.717) is 10.6 Å². The van der Waals surface area contributed by atoms with E-state index in [1.165, 1.54) is 30.4 Å². The second-order valence-electron chi connectivity index (χ2n) is 6.33. The van der Waals surface area contributed by atoms with Gasteiger partial charge in [-0.1, -0.05) is 13.3 Å². The van der Waals surface area contributed by atoms with Gasteiger partial charge < -0.3 is 15.6 Å². The van der Waals surface area contributed by atoms with Gasteiger partial charge in [0.25, 0.3) is 0 Å². The first kappa shape index (κ1) is 19.0. The first-order valence-electron chi connectivity index (χ1n) is 8.74. The smallest absolute Gasteiger partial charge is 0.249 e. The SMILES string of the molecule is CCCc1cnc(NC(=O)C(Cc2c[nH]c3cc(F)ccc23)NC(C)=O)s1. The molecule has 1 aromatic carbocycles. The largest absolute Gasteiger partial charge is 0.361 e. The number of rotatable bonds is 7. The number of aromatic nitrogens is 2. The van der Waals surface area contributed by atoms with Gasteiger partial charge in [0.05, 0.1) is 0 Å². The van der Waals surface area contributed by atoms with Gasteiger partial charge in [-0.2, -0.15) is 0 Å². The lowest BCUT2D eigenvalue weighted by molar-refractivity contribution is -0.125. The summed E-state index contributed by atoms with van der Waals surface area (Å²) in [6.07, 6.45) is 5.68. The van der Waals surface area contributed by atoms with Gasteiger partial charge in [0.15, 0.2) is 5.13 Å². The molecule has 0 saturated heterocycles. The van der Waals surface area contributed by atoms with Gasteiger partial charge in [0.2, 0.25) is 11.8 Å². The van der Waals surface area contributed by atoms with Gasteiger partial charge >= 0.3 is 0 Å². The highest BCUT2D eigenvalue weighted by atomic mass is 32.1. The number of thiazole rings is 1. The summed E-state index contributed by atoms with van der Waals surface area (Å²) < 4.78 is 13.4. The van der Waals surface area contributed by atoms with Crippen molar-refractivity contribution in [3.8, 4) is 0 Å². The van der Waals surface area contributed by atoms with Crippen LogP contribution in [-0.4, -0.2) is 27.8 Å². The summed E-state index contributed by atoms with van der Waals surface area (Å²) in [6.45, 7) is 3.45. The minimum absolute atomic E-state index is 0.282. The zero-order valence-corrected chi connectivity index (χ0v) is 16.0. The fourth-order valence-corrected chi connectivity index (χ4v) is 3.84. The molecule has 0 aliphatic rings. The van der Waals surface area contributed by atoms with Gasteiger partial charge in [-0.3, -0.25) is 9.59 Å². The lowest BCUT2D eigenvalue weighted by Gasteiger charge is -2.16. The summed E-state index contributed by atoms with van der Waals surface area (Å²) in [7, 11) is 0. The number of anilines is 1. The third-order valence-electron chi connectivity index (χ3n) is 4.13. The maximum Gasteiger partial charge on any atom is 0.249 e. The van der Waals surface area contributed by atoms with E-state index in [9.17, 15) is 14.0 Å². The topological polar surface area (TPSA) is 86.9 Å². The van der Waals surface area contributed by atoms with Crippen molar-refractivity contribution in [3.05, 3.63) is 46.9 Å². The second kappa shape index (κ2) is 8.30. The van der Waals surface area contributed by atoms with Crippen LogP contribution in [0.2, 0.25) is 0 Å². The Morgan fingerprint density at radius 2 is 2.19 bits per heavy atom. The molecule has 2 aromatic heterocycles. The van der Waals surface area contributed by atoms with Crippen LogP contribution in [0.25, 0.3) is 10.9 Å². The number of aromatic amines is 1. The molecule has 6 nitrogen and oxygen atoms in total. The minimum Gasteiger partial charge on any atom is -0.361 e. The predicted molar refractivity (Wildman–Crippen MR) is 104 cm³/mol.